The summed E-state index contributed by atoms with van der Waals surface area (Å²) in [5.74, 6) is 0.143. The second-order valence-electron chi connectivity index (χ2n) is 11.0. The maximum atomic E-state index is 12.6. The Hall–Kier alpha value is -4.60. The highest BCUT2D eigenvalue weighted by atomic mass is 16.5. The van der Waals surface area contributed by atoms with E-state index in [1.54, 1.807) is 4.90 Å². The lowest BCUT2D eigenvalue weighted by Gasteiger charge is -2.43. The van der Waals surface area contributed by atoms with E-state index < -0.39 is 0 Å². The summed E-state index contributed by atoms with van der Waals surface area (Å²) in [5, 5.41) is 25.6. The van der Waals surface area contributed by atoms with Crippen LogP contribution in [0.3, 0.4) is 0 Å². The summed E-state index contributed by atoms with van der Waals surface area (Å²) in [4.78, 5) is 23.8. The number of benzene rings is 2. The van der Waals surface area contributed by atoms with Gasteiger partial charge in [-0.1, -0.05) is 36.9 Å². The molecule has 5 rings (SSSR count). The smallest absolute Gasteiger partial charge is 0.246 e. The van der Waals surface area contributed by atoms with Crippen molar-refractivity contribution >= 4 is 28.1 Å². The molecule has 0 spiro atoms. The lowest BCUT2D eigenvalue weighted by molar-refractivity contribution is -0.128. The average Bonchev–Trinajstić information content (AvgIpc) is 3.00. The van der Waals surface area contributed by atoms with Crippen LogP contribution in [0.5, 0.6) is 5.88 Å². The number of carbonyl (C=O) groups is 1. The maximum absolute atomic E-state index is 12.6. The maximum Gasteiger partial charge on any atom is 0.246 e. The van der Waals surface area contributed by atoms with E-state index in [9.17, 15) is 15.3 Å². The van der Waals surface area contributed by atoms with Gasteiger partial charge in [0.25, 0.3) is 0 Å². The number of anilines is 2. The molecule has 9 heteroatoms. The number of carbonyl (C=O) groups excluding carboxylic acids is 1. The Labute approximate surface area is 247 Å². The van der Waals surface area contributed by atoms with Crippen LogP contribution in [0.4, 0.5) is 11.4 Å². The van der Waals surface area contributed by atoms with Gasteiger partial charge < -0.3 is 24.8 Å². The Morgan fingerprint density at radius 3 is 2.71 bits per heavy atom. The Kier molecular flexibility index (Phi) is 8.61. The van der Waals surface area contributed by atoms with E-state index in [0.717, 1.165) is 23.5 Å². The van der Waals surface area contributed by atoms with Gasteiger partial charge in [-0.05, 0) is 50.4 Å². The van der Waals surface area contributed by atoms with Crippen LogP contribution in [0.2, 0.25) is 0 Å². The van der Waals surface area contributed by atoms with Crippen LogP contribution in [0.15, 0.2) is 49.1 Å². The summed E-state index contributed by atoms with van der Waals surface area (Å²) >= 11 is 0. The zero-order valence-electron chi connectivity index (χ0n) is 24.6. The molecule has 3 aromatic rings. The van der Waals surface area contributed by atoms with Gasteiger partial charge in [0.05, 0.1) is 36.5 Å². The van der Waals surface area contributed by atoms with Crippen LogP contribution in [0.1, 0.15) is 35.7 Å². The van der Waals surface area contributed by atoms with E-state index in [-0.39, 0.29) is 24.5 Å². The molecule has 0 aliphatic carbocycles. The molecule has 1 N–H and O–H groups in total. The Bertz CT molecular complexity index is 1580. The number of aromatic nitrogens is 1. The molecule has 1 aromatic heterocycles. The van der Waals surface area contributed by atoms with E-state index in [0.29, 0.717) is 50.6 Å². The van der Waals surface area contributed by atoms with Gasteiger partial charge in [-0.2, -0.15) is 10.5 Å². The van der Waals surface area contributed by atoms with Crippen molar-refractivity contribution in [2.45, 2.75) is 45.4 Å². The van der Waals surface area contributed by atoms with E-state index in [1.807, 2.05) is 14.0 Å². The first-order valence-electron chi connectivity index (χ1n) is 14.4. The molecule has 1 saturated heterocycles. The third kappa shape index (κ3) is 5.48. The second kappa shape index (κ2) is 12.5. The number of pyridine rings is 1. The van der Waals surface area contributed by atoms with Crippen molar-refractivity contribution in [1.82, 2.24) is 15.2 Å². The number of nitrogens with zero attached hydrogens (tertiary/aromatic N) is 6. The molecule has 0 saturated carbocycles. The number of amides is 1. The van der Waals surface area contributed by atoms with Crippen LogP contribution in [0, 0.1) is 29.6 Å². The molecular formula is C33H37N7O2. The van der Waals surface area contributed by atoms with Crippen molar-refractivity contribution in [3.05, 3.63) is 71.4 Å². The highest BCUT2D eigenvalue weighted by Crippen LogP contribution is 2.40. The minimum absolute atomic E-state index is 0.182. The minimum atomic E-state index is -0.309. The van der Waals surface area contributed by atoms with Crippen LogP contribution in [-0.4, -0.2) is 67.7 Å². The molecule has 1 unspecified atom stereocenters. The molecule has 2 aliphatic rings. The predicted molar refractivity (Wildman–Crippen MR) is 165 cm³/mol. The molecule has 42 heavy (non-hydrogen) atoms. The SMILES string of the molecule is C=CC(=O)N1CCN(c2c(C#N)c(OC(C)CNC)nc3c2CCN(c2cccc4cccc(C)c24)C3)C[C@@H]1CC#N. The normalized spacial score (nSPS) is 17.3. The number of piperazine rings is 1. The second-order valence-corrected chi connectivity index (χ2v) is 11.0. The monoisotopic (exact) mass is 563 g/mol. The van der Waals surface area contributed by atoms with Gasteiger partial charge in [-0.15, -0.1) is 0 Å². The number of aryl methyl sites for hydroxylation is 1. The lowest BCUT2D eigenvalue weighted by atomic mass is 9.95. The van der Waals surface area contributed by atoms with Crippen molar-refractivity contribution in [3.8, 4) is 18.0 Å². The summed E-state index contributed by atoms with van der Waals surface area (Å²) < 4.78 is 6.28. The fourth-order valence-corrected chi connectivity index (χ4v) is 6.31. The molecule has 0 radical (unpaired) electrons. The summed E-state index contributed by atoms with van der Waals surface area (Å²) in [6.45, 7) is 11.1. The fraction of sp³-hybridized carbons (Fsp3) is 0.394. The van der Waals surface area contributed by atoms with Crippen LogP contribution in [-0.2, 0) is 17.8 Å². The first-order valence-corrected chi connectivity index (χ1v) is 14.4. The molecule has 1 fully saturated rings. The summed E-state index contributed by atoms with van der Waals surface area (Å²) in [7, 11) is 1.86. The van der Waals surface area contributed by atoms with E-state index in [2.05, 4.69) is 77.2 Å². The third-order valence-corrected chi connectivity index (χ3v) is 8.23. The zero-order chi connectivity index (χ0) is 29.8. The number of hydrogen-bond donors (Lipinski definition) is 1. The van der Waals surface area contributed by atoms with Crippen molar-refractivity contribution < 1.29 is 9.53 Å². The molecule has 216 valence electrons. The van der Waals surface area contributed by atoms with Crippen molar-refractivity contribution in [2.75, 3.05) is 49.6 Å². The van der Waals surface area contributed by atoms with Crippen molar-refractivity contribution in [1.29, 1.82) is 10.5 Å². The van der Waals surface area contributed by atoms with Gasteiger partial charge >= 0.3 is 0 Å². The summed E-state index contributed by atoms with van der Waals surface area (Å²) in [6, 6.07) is 17.1. The van der Waals surface area contributed by atoms with Gasteiger partial charge in [0, 0.05) is 49.4 Å². The topological polar surface area (TPSA) is 109 Å². The molecule has 0 bridgehead atoms. The molecule has 9 nitrogen and oxygen atoms in total. The first-order chi connectivity index (χ1) is 20.4. The van der Waals surface area contributed by atoms with E-state index >= 15 is 0 Å². The summed E-state index contributed by atoms with van der Waals surface area (Å²) in [5.41, 5.74) is 5.53. The minimum Gasteiger partial charge on any atom is -0.472 e. The fourth-order valence-electron chi connectivity index (χ4n) is 6.31. The Morgan fingerprint density at radius 1 is 1.21 bits per heavy atom. The van der Waals surface area contributed by atoms with Gasteiger partial charge in [0.2, 0.25) is 11.8 Å². The average molecular weight is 564 g/mol. The molecule has 2 aliphatic heterocycles. The number of hydrogen-bond acceptors (Lipinski definition) is 8. The van der Waals surface area contributed by atoms with Gasteiger partial charge in [-0.25, -0.2) is 4.98 Å². The quantitative estimate of drug-likeness (QED) is 0.409. The summed E-state index contributed by atoms with van der Waals surface area (Å²) in [6.07, 6.45) is 2.00. The van der Waals surface area contributed by atoms with Crippen LogP contribution in [0.25, 0.3) is 10.8 Å². The number of nitrogens with one attached hydrogen (secondary N) is 1. The van der Waals surface area contributed by atoms with E-state index in [1.165, 1.54) is 28.1 Å². The number of fused-ring (bicyclic) bond motifs is 2. The molecule has 2 atom stereocenters. The zero-order valence-corrected chi connectivity index (χ0v) is 24.6. The highest BCUT2D eigenvalue weighted by Gasteiger charge is 2.35. The van der Waals surface area contributed by atoms with Gasteiger partial charge in [0.15, 0.2) is 0 Å². The largest absolute Gasteiger partial charge is 0.472 e. The Balaban J connectivity index is 1.59. The van der Waals surface area contributed by atoms with Crippen LogP contribution >= 0.6 is 0 Å². The van der Waals surface area contributed by atoms with E-state index in [4.69, 9.17) is 9.72 Å². The van der Waals surface area contributed by atoms with Crippen molar-refractivity contribution in [3.63, 3.8) is 0 Å². The standard InChI is InChI=1S/C33H37N7O2/c1-5-30(41)40-17-16-39(20-25(40)12-14-34)32-26-13-15-38(29-11-7-10-24-9-6-8-22(2)31(24)29)21-28(26)37-33(27(32)18-35)42-23(3)19-36-4/h5-11,23,25,36H,1,12-13,15-17,19-21H2,2-4H3/t23?,25-/m0/s1. The third-order valence-electron chi connectivity index (χ3n) is 8.23. The van der Waals surface area contributed by atoms with Crippen LogP contribution < -0.4 is 19.9 Å². The molecule has 2 aromatic carbocycles. The number of rotatable bonds is 8. The Morgan fingerprint density at radius 2 is 2.00 bits per heavy atom. The van der Waals surface area contributed by atoms with Gasteiger partial charge in [-0.3, -0.25) is 4.79 Å². The molecule has 1 amide bonds. The number of likely N-dealkylation sites (N-methyl/N-ethyl adjacent to an activating group) is 1. The predicted octanol–water partition coefficient (Wildman–Crippen LogP) is 4.08. The van der Waals surface area contributed by atoms with Gasteiger partial charge in [0.1, 0.15) is 17.7 Å². The highest BCUT2D eigenvalue weighted by molar-refractivity contribution is 5.97. The number of nitriles is 2. The number of ether oxygens (including phenoxy) is 1. The lowest BCUT2D eigenvalue weighted by Crippen LogP contribution is -2.55. The molecular weight excluding hydrogens is 526 g/mol. The first kappa shape index (κ1) is 28.9. The molecule has 3 heterocycles. The van der Waals surface area contributed by atoms with Crippen molar-refractivity contribution in [2.24, 2.45) is 0 Å².